The van der Waals surface area contributed by atoms with E-state index in [2.05, 4.69) is 83.7 Å². The predicted octanol–water partition coefficient (Wildman–Crippen LogP) is 4.28. The molecule has 3 rings (SSSR count). The first-order valence-electron chi connectivity index (χ1n) is 6.54. The van der Waals surface area contributed by atoms with Crippen molar-refractivity contribution in [2.24, 2.45) is 0 Å². The zero-order valence-corrected chi connectivity index (χ0v) is 14.8. The number of hydrogen-bond acceptors (Lipinski definition) is 4. The number of aromatic amines is 1. The van der Waals surface area contributed by atoms with Crippen molar-refractivity contribution in [2.75, 3.05) is 0 Å². The molecule has 0 aliphatic heterocycles. The third kappa shape index (κ3) is 3.36. The van der Waals surface area contributed by atoms with Gasteiger partial charge in [-0.05, 0) is 61.7 Å². The van der Waals surface area contributed by atoms with Crippen molar-refractivity contribution in [1.82, 2.24) is 20.6 Å². The van der Waals surface area contributed by atoms with Crippen molar-refractivity contribution in [2.45, 2.75) is 13.5 Å². The molecule has 0 bridgehead atoms. The molecule has 0 amide bonds. The Bertz CT molecular complexity index is 750. The number of ether oxygens (including phenoxy) is 1. The second-order valence-corrected chi connectivity index (χ2v) is 6.49. The number of rotatable bonds is 4. The van der Waals surface area contributed by atoms with Gasteiger partial charge in [0.05, 0.1) is 8.95 Å². The third-order valence-corrected chi connectivity index (χ3v) is 4.28. The van der Waals surface area contributed by atoms with Crippen LogP contribution >= 0.6 is 31.9 Å². The third-order valence-electron chi connectivity index (χ3n) is 3.11. The standard InChI is InChI=1S/C15H12Br2N4O/c1-9-2-4-10(5-3-9)8-22-14-12(16)6-11(7-13(14)17)15-18-20-21-19-15/h2-7H,8H2,1H3,(H,18,19,20,21). The van der Waals surface area contributed by atoms with E-state index in [4.69, 9.17) is 4.74 Å². The summed E-state index contributed by atoms with van der Waals surface area (Å²) >= 11 is 7.06. The van der Waals surface area contributed by atoms with Crippen LogP contribution in [0.4, 0.5) is 0 Å². The van der Waals surface area contributed by atoms with E-state index in [1.54, 1.807) is 0 Å². The number of hydrogen-bond donors (Lipinski definition) is 1. The second-order valence-electron chi connectivity index (χ2n) is 4.78. The van der Waals surface area contributed by atoms with Crippen LogP contribution in [0, 0.1) is 6.92 Å². The normalized spacial score (nSPS) is 10.7. The summed E-state index contributed by atoms with van der Waals surface area (Å²) in [5.41, 5.74) is 3.19. The number of H-pyrrole nitrogens is 1. The number of halogens is 2. The van der Waals surface area contributed by atoms with Crippen LogP contribution in [-0.4, -0.2) is 20.6 Å². The number of nitrogens with zero attached hydrogens (tertiary/aromatic N) is 3. The molecular formula is C15H12Br2N4O. The maximum absolute atomic E-state index is 5.91. The zero-order valence-electron chi connectivity index (χ0n) is 11.7. The summed E-state index contributed by atoms with van der Waals surface area (Å²) in [7, 11) is 0. The zero-order chi connectivity index (χ0) is 15.5. The topological polar surface area (TPSA) is 63.7 Å². The van der Waals surface area contributed by atoms with Gasteiger partial charge in [0, 0.05) is 5.56 Å². The molecular weight excluding hydrogens is 412 g/mol. The lowest BCUT2D eigenvalue weighted by Crippen LogP contribution is -1.97. The Hall–Kier alpha value is -1.73. The van der Waals surface area contributed by atoms with Gasteiger partial charge in [0.15, 0.2) is 0 Å². The molecule has 2 aromatic carbocycles. The number of benzene rings is 2. The maximum Gasteiger partial charge on any atom is 0.204 e. The summed E-state index contributed by atoms with van der Waals surface area (Å²) in [4.78, 5) is 0. The molecule has 0 saturated heterocycles. The molecule has 1 heterocycles. The summed E-state index contributed by atoms with van der Waals surface area (Å²) in [6.07, 6.45) is 0. The van der Waals surface area contributed by atoms with E-state index >= 15 is 0 Å². The molecule has 7 heteroatoms. The van der Waals surface area contributed by atoms with Crippen LogP contribution in [0.25, 0.3) is 11.4 Å². The van der Waals surface area contributed by atoms with E-state index in [-0.39, 0.29) is 0 Å². The van der Waals surface area contributed by atoms with E-state index < -0.39 is 0 Å². The van der Waals surface area contributed by atoms with E-state index in [0.717, 1.165) is 25.8 Å². The Labute approximate surface area is 144 Å². The van der Waals surface area contributed by atoms with Crippen LogP contribution < -0.4 is 4.74 Å². The molecule has 112 valence electrons. The highest BCUT2D eigenvalue weighted by atomic mass is 79.9. The van der Waals surface area contributed by atoms with Crippen molar-refractivity contribution in [3.8, 4) is 17.1 Å². The summed E-state index contributed by atoms with van der Waals surface area (Å²) < 4.78 is 7.56. The predicted molar refractivity (Wildman–Crippen MR) is 90.5 cm³/mol. The quantitative estimate of drug-likeness (QED) is 0.680. The summed E-state index contributed by atoms with van der Waals surface area (Å²) in [6.45, 7) is 2.56. The molecule has 5 nitrogen and oxygen atoms in total. The smallest absolute Gasteiger partial charge is 0.204 e. The van der Waals surface area contributed by atoms with Gasteiger partial charge < -0.3 is 4.74 Å². The van der Waals surface area contributed by atoms with E-state index in [0.29, 0.717) is 12.4 Å². The van der Waals surface area contributed by atoms with Gasteiger partial charge in [-0.3, -0.25) is 0 Å². The molecule has 0 unspecified atom stereocenters. The molecule has 1 aromatic heterocycles. The van der Waals surface area contributed by atoms with Gasteiger partial charge in [0.25, 0.3) is 0 Å². The van der Waals surface area contributed by atoms with Crippen molar-refractivity contribution in [1.29, 1.82) is 0 Å². The molecule has 0 atom stereocenters. The van der Waals surface area contributed by atoms with Gasteiger partial charge in [-0.1, -0.05) is 29.8 Å². The molecule has 0 radical (unpaired) electrons. The SMILES string of the molecule is Cc1ccc(COc2c(Br)cc(-c3nn[nH]n3)cc2Br)cc1. The van der Waals surface area contributed by atoms with Gasteiger partial charge in [-0.15, -0.1) is 10.2 Å². The Morgan fingerprint density at radius 3 is 2.36 bits per heavy atom. The molecule has 0 aliphatic carbocycles. The molecule has 3 aromatic rings. The van der Waals surface area contributed by atoms with Crippen LogP contribution in [0.1, 0.15) is 11.1 Å². The highest BCUT2D eigenvalue weighted by Crippen LogP contribution is 2.37. The molecule has 0 spiro atoms. The fraction of sp³-hybridized carbons (Fsp3) is 0.133. The van der Waals surface area contributed by atoms with Crippen LogP contribution in [0.5, 0.6) is 5.75 Å². The fourth-order valence-corrected chi connectivity index (χ4v) is 3.37. The molecule has 0 saturated carbocycles. The van der Waals surface area contributed by atoms with E-state index in [1.165, 1.54) is 5.56 Å². The Morgan fingerprint density at radius 2 is 1.77 bits per heavy atom. The maximum atomic E-state index is 5.91. The minimum Gasteiger partial charge on any atom is -0.487 e. The second kappa shape index (κ2) is 6.58. The highest BCUT2D eigenvalue weighted by Gasteiger charge is 2.12. The fourth-order valence-electron chi connectivity index (χ4n) is 1.95. The Kier molecular flexibility index (Phi) is 4.54. The average molecular weight is 424 g/mol. The summed E-state index contributed by atoms with van der Waals surface area (Å²) in [5, 5.41) is 13.9. The number of nitrogens with one attached hydrogen (secondary N) is 1. The lowest BCUT2D eigenvalue weighted by molar-refractivity contribution is 0.302. The van der Waals surface area contributed by atoms with Gasteiger partial charge in [-0.2, -0.15) is 5.21 Å². The van der Waals surface area contributed by atoms with Gasteiger partial charge in [0.2, 0.25) is 5.82 Å². The molecule has 22 heavy (non-hydrogen) atoms. The average Bonchev–Trinajstić information content (AvgIpc) is 3.02. The van der Waals surface area contributed by atoms with Crippen molar-refractivity contribution < 1.29 is 4.74 Å². The Balaban J connectivity index is 1.80. The molecule has 0 fully saturated rings. The monoisotopic (exact) mass is 422 g/mol. The van der Waals surface area contributed by atoms with Crippen LogP contribution in [0.15, 0.2) is 45.3 Å². The minimum atomic E-state index is 0.499. The number of aromatic nitrogens is 4. The first kappa shape index (κ1) is 15.2. The van der Waals surface area contributed by atoms with Crippen molar-refractivity contribution in [3.05, 3.63) is 56.5 Å². The number of tetrazole rings is 1. The van der Waals surface area contributed by atoms with Crippen molar-refractivity contribution in [3.63, 3.8) is 0 Å². The van der Waals surface area contributed by atoms with Crippen LogP contribution in [-0.2, 0) is 6.61 Å². The minimum absolute atomic E-state index is 0.499. The lowest BCUT2D eigenvalue weighted by Gasteiger charge is -2.11. The first-order valence-corrected chi connectivity index (χ1v) is 8.13. The van der Waals surface area contributed by atoms with Crippen molar-refractivity contribution >= 4 is 31.9 Å². The molecule has 0 aliphatic rings. The number of aryl methyl sites for hydroxylation is 1. The van der Waals surface area contributed by atoms with Crippen LogP contribution in [0.2, 0.25) is 0 Å². The van der Waals surface area contributed by atoms with Gasteiger partial charge >= 0.3 is 0 Å². The summed E-state index contributed by atoms with van der Waals surface area (Å²) in [6, 6.07) is 12.1. The first-order chi connectivity index (χ1) is 10.6. The van der Waals surface area contributed by atoms with E-state index in [9.17, 15) is 0 Å². The lowest BCUT2D eigenvalue weighted by atomic mass is 10.2. The summed E-state index contributed by atoms with van der Waals surface area (Å²) in [5.74, 6) is 1.28. The van der Waals surface area contributed by atoms with E-state index in [1.807, 2.05) is 12.1 Å². The highest BCUT2D eigenvalue weighted by molar-refractivity contribution is 9.11. The van der Waals surface area contributed by atoms with Crippen LogP contribution in [0.3, 0.4) is 0 Å². The largest absolute Gasteiger partial charge is 0.487 e. The Morgan fingerprint density at radius 1 is 1.09 bits per heavy atom. The molecule has 1 N–H and O–H groups in total. The van der Waals surface area contributed by atoms with Gasteiger partial charge in [-0.25, -0.2) is 0 Å². The van der Waals surface area contributed by atoms with Gasteiger partial charge in [0.1, 0.15) is 12.4 Å².